The van der Waals surface area contributed by atoms with E-state index in [0.717, 1.165) is 71.8 Å². The van der Waals surface area contributed by atoms with Crippen molar-refractivity contribution in [3.05, 3.63) is 64.3 Å². The zero-order chi connectivity index (χ0) is 27.8. The number of aliphatic hydroxyl groups is 1. The van der Waals surface area contributed by atoms with Gasteiger partial charge in [-0.1, -0.05) is 29.3 Å². The first-order valence-electron chi connectivity index (χ1n) is 13.5. The van der Waals surface area contributed by atoms with Crippen molar-refractivity contribution in [3.8, 4) is 5.75 Å². The summed E-state index contributed by atoms with van der Waals surface area (Å²) < 4.78 is 5.38. The minimum Gasteiger partial charge on any atom is -0.497 e. The molecule has 0 radical (unpaired) electrons. The number of halogens is 2. The molecule has 1 saturated heterocycles. The Labute approximate surface area is 244 Å². The lowest BCUT2D eigenvalue weighted by molar-refractivity contribution is -0.137. The van der Waals surface area contributed by atoms with Crippen molar-refractivity contribution in [2.75, 3.05) is 32.5 Å². The van der Waals surface area contributed by atoms with Crippen LogP contribution in [0.5, 0.6) is 5.75 Å². The van der Waals surface area contributed by atoms with E-state index in [0.29, 0.717) is 34.7 Å². The maximum Gasteiger partial charge on any atom is 0.303 e. The first kappa shape index (κ1) is 29.9. The highest BCUT2D eigenvalue weighted by atomic mass is 35.5. The summed E-state index contributed by atoms with van der Waals surface area (Å²) in [6.07, 6.45) is 5.47. The monoisotopic (exact) mass is 590 g/mol. The maximum absolute atomic E-state index is 11.4. The van der Waals surface area contributed by atoms with Gasteiger partial charge < -0.3 is 19.8 Å². The van der Waals surface area contributed by atoms with Crippen LogP contribution < -0.4 is 4.74 Å². The third-order valence-corrected chi connectivity index (χ3v) is 9.72. The molecule has 3 aromatic rings. The molecule has 2 N–H and O–H groups in total. The van der Waals surface area contributed by atoms with Crippen LogP contribution in [0.15, 0.2) is 53.6 Å². The second-order valence-electron chi connectivity index (χ2n) is 10.2. The molecule has 1 aliphatic heterocycles. The van der Waals surface area contributed by atoms with Gasteiger partial charge in [0, 0.05) is 29.4 Å². The van der Waals surface area contributed by atoms with Crippen molar-refractivity contribution in [1.82, 2.24) is 9.88 Å². The lowest BCUT2D eigenvalue weighted by Crippen LogP contribution is -2.41. The Morgan fingerprint density at radius 1 is 1.21 bits per heavy atom. The second-order valence-corrected chi connectivity index (χ2v) is 12.1. The summed E-state index contributed by atoms with van der Waals surface area (Å²) in [6.45, 7) is 2.85. The number of carboxylic acids is 1. The van der Waals surface area contributed by atoms with Crippen LogP contribution in [0.25, 0.3) is 10.9 Å². The Balaban J connectivity index is 1.32. The summed E-state index contributed by atoms with van der Waals surface area (Å²) in [6, 6.07) is 13.3. The number of aliphatic carboxylic acids is 1. The van der Waals surface area contributed by atoms with Crippen LogP contribution in [0, 0.1) is 11.8 Å². The predicted molar refractivity (Wildman–Crippen MR) is 159 cm³/mol. The lowest BCUT2D eigenvalue weighted by atomic mass is 9.79. The number of methoxy groups -OCH3 is 1. The molecule has 3 atom stereocenters. The summed E-state index contributed by atoms with van der Waals surface area (Å²) >= 11 is 14.2. The number of fused-ring (bicyclic) bond motifs is 1. The van der Waals surface area contributed by atoms with Gasteiger partial charge in [0.05, 0.1) is 28.8 Å². The summed E-state index contributed by atoms with van der Waals surface area (Å²) in [7, 11) is 1.63. The highest BCUT2D eigenvalue weighted by molar-refractivity contribution is 7.99. The van der Waals surface area contributed by atoms with Crippen molar-refractivity contribution in [3.63, 3.8) is 0 Å². The van der Waals surface area contributed by atoms with Crippen molar-refractivity contribution in [1.29, 1.82) is 0 Å². The van der Waals surface area contributed by atoms with E-state index in [4.69, 9.17) is 27.9 Å². The topological polar surface area (TPSA) is 82.9 Å². The second kappa shape index (κ2) is 14.6. The fraction of sp³-hybridized carbons (Fsp3) is 0.467. The van der Waals surface area contributed by atoms with Gasteiger partial charge in [0.2, 0.25) is 0 Å². The Kier molecular flexibility index (Phi) is 11.2. The lowest BCUT2D eigenvalue weighted by Gasteiger charge is -2.39. The van der Waals surface area contributed by atoms with Gasteiger partial charge >= 0.3 is 5.97 Å². The fourth-order valence-electron chi connectivity index (χ4n) is 5.53. The quantitative estimate of drug-likeness (QED) is 0.159. The van der Waals surface area contributed by atoms with E-state index in [1.54, 1.807) is 31.1 Å². The van der Waals surface area contributed by atoms with Crippen molar-refractivity contribution in [2.24, 2.45) is 11.8 Å². The molecule has 0 aliphatic carbocycles. The van der Waals surface area contributed by atoms with Gasteiger partial charge in [-0.25, -0.2) is 0 Å². The van der Waals surface area contributed by atoms with E-state index < -0.39 is 12.1 Å². The molecule has 0 amide bonds. The normalized spacial score (nSPS) is 18.8. The van der Waals surface area contributed by atoms with Gasteiger partial charge in [-0.05, 0) is 105 Å². The number of ether oxygens (including phenoxy) is 1. The molecule has 1 aliphatic rings. The van der Waals surface area contributed by atoms with Gasteiger partial charge in [-0.2, -0.15) is 0 Å². The fourth-order valence-corrected chi connectivity index (χ4v) is 6.96. The number of pyridine rings is 1. The number of piperidine rings is 1. The van der Waals surface area contributed by atoms with E-state index in [2.05, 4.69) is 9.88 Å². The largest absolute Gasteiger partial charge is 0.497 e. The van der Waals surface area contributed by atoms with E-state index >= 15 is 0 Å². The van der Waals surface area contributed by atoms with Gasteiger partial charge in [0.15, 0.2) is 0 Å². The molecule has 39 heavy (non-hydrogen) atoms. The predicted octanol–water partition coefficient (Wildman–Crippen LogP) is 7.35. The van der Waals surface area contributed by atoms with Crippen molar-refractivity contribution >= 4 is 51.8 Å². The molecule has 2 aromatic carbocycles. The number of nitrogens with zero attached hydrogens (tertiary/aromatic N) is 2. The molecule has 0 spiro atoms. The molecule has 1 fully saturated rings. The number of hydrogen-bond donors (Lipinski definition) is 2. The number of thioether (sulfide) groups is 1. The minimum absolute atomic E-state index is 0.176. The number of aliphatic hydroxyl groups excluding tert-OH is 1. The highest BCUT2D eigenvalue weighted by Gasteiger charge is 2.30. The molecule has 9 heteroatoms. The molecule has 210 valence electrons. The van der Waals surface area contributed by atoms with Crippen LogP contribution in [0.3, 0.4) is 0 Å². The molecular weight excluding hydrogens is 555 g/mol. The Morgan fingerprint density at radius 3 is 2.85 bits per heavy atom. The van der Waals surface area contributed by atoms with Gasteiger partial charge in [-0.3, -0.25) is 9.78 Å². The van der Waals surface area contributed by atoms with Crippen LogP contribution in [-0.2, 0) is 4.79 Å². The highest BCUT2D eigenvalue weighted by Crippen LogP contribution is 2.36. The van der Waals surface area contributed by atoms with Gasteiger partial charge in [-0.15, -0.1) is 11.8 Å². The summed E-state index contributed by atoms with van der Waals surface area (Å²) in [4.78, 5) is 19.2. The summed E-state index contributed by atoms with van der Waals surface area (Å²) in [5, 5.41) is 22.6. The molecule has 6 nitrogen and oxygen atoms in total. The SMILES string of the molecule is COc1ccc2nccc([C@@H](O)CCC3CCN(CCCSc4cccc(Cl)c4Cl)CC3CCC(=O)O)c2c1. The average Bonchev–Trinajstić information content (AvgIpc) is 2.94. The van der Waals surface area contributed by atoms with Crippen molar-refractivity contribution < 1.29 is 19.7 Å². The molecule has 4 rings (SSSR count). The zero-order valence-electron chi connectivity index (χ0n) is 22.2. The molecule has 2 unspecified atom stereocenters. The molecule has 0 saturated carbocycles. The Morgan fingerprint density at radius 2 is 2.05 bits per heavy atom. The third kappa shape index (κ3) is 8.24. The van der Waals surface area contributed by atoms with Crippen LogP contribution in [0.2, 0.25) is 10.0 Å². The van der Waals surface area contributed by atoms with E-state index in [9.17, 15) is 15.0 Å². The Bertz CT molecular complexity index is 1260. The number of benzene rings is 2. The maximum atomic E-state index is 11.4. The smallest absolute Gasteiger partial charge is 0.303 e. The molecule has 1 aromatic heterocycles. The summed E-state index contributed by atoms with van der Waals surface area (Å²) in [5.74, 6) is 1.61. The average molecular weight is 592 g/mol. The number of carbonyl (C=O) groups is 1. The number of hydrogen-bond acceptors (Lipinski definition) is 6. The number of aromatic nitrogens is 1. The van der Waals surface area contributed by atoms with Gasteiger partial charge in [0.1, 0.15) is 5.75 Å². The standard InChI is InChI=1S/C30H36Cl2N2O4S/c1-38-22-8-9-26-24(18-22)23(12-14-33-26)27(35)10-6-20-13-16-34(19-21(20)7-11-29(36)37)15-3-17-39-28-5-2-4-25(31)30(28)32/h2,4-5,8-9,12,14,18,20-21,27,35H,3,6-7,10-11,13,15-17,19H2,1H3,(H,36,37)/t20?,21?,27-/m0/s1. The van der Waals surface area contributed by atoms with Crippen LogP contribution in [0.1, 0.15) is 50.2 Å². The van der Waals surface area contributed by atoms with E-state index in [-0.39, 0.29) is 6.42 Å². The molecule has 2 heterocycles. The van der Waals surface area contributed by atoms with Gasteiger partial charge in [0.25, 0.3) is 0 Å². The first-order valence-corrected chi connectivity index (χ1v) is 15.2. The van der Waals surface area contributed by atoms with Crippen LogP contribution in [-0.4, -0.2) is 58.6 Å². The number of rotatable bonds is 13. The Hall–Kier alpha value is -2.03. The van der Waals surface area contributed by atoms with Crippen LogP contribution >= 0.6 is 35.0 Å². The molecule has 0 bridgehead atoms. The first-order chi connectivity index (χ1) is 18.9. The third-order valence-electron chi connectivity index (χ3n) is 7.65. The van der Waals surface area contributed by atoms with E-state index in [1.165, 1.54) is 0 Å². The van der Waals surface area contributed by atoms with Crippen molar-refractivity contribution in [2.45, 2.75) is 49.5 Å². The zero-order valence-corrected chi connectivity index (χ0v) is 24.5. The molecular formula is C30H36Cl2N2O4S. The van der Waals surface area contributed by atoms with E-state index in [1.807, 2.05) is 36.4 Å². The minimum atomic E-state index is -0.752. The van der Waals surface area contributed by atoms with Crippen LogP contribution in [0.4, 0.5) is 0 Å². The number of carboxylic acid groups (broad SMARTS) is 1. The number of likely N-dealkylation sites (tertiary alicyclic amines) is 1. The summed E-state index contributed by atoms with van der Waals surface area (Å²) in [5.41, 5.74) is 1.69.